The smallest absolute Gasteiger partial charge is 0.270 e. The van der Waals surface area contributed by atoms with Gasteiger partial charge in [-0.2, -0.15) is 0 Å². The Balaban J connectivity index is 1.86. The summed E-state index contributed by atoms with van der Waals surface area (Å²) in [4.78, 5) is 17.4. The monoisotopic (exact) mass is 244 g/mol. The van der Waals surface area contributed by atoms with Crippen molar-refractivity contribution in [2.24, 2.45) is 0 Å². The molecule has 1 aliphatic heterocycles. The normalized spacial score (nSPS) is 16.8. The summed E-state index contributed by atoms with van der Waals surface area (Å²) in [6.45, 7) is 2.82. The van der Waals surface area contributed by atoms with Crippen molar-refractivity contribution < 1.29 is 9.53 Å². The van der Waals surface area contributed by atoms with E-state index in [2.05, 4.69) is 4.98 Å². The van der Waals surface area contributed by atoms with Crippen LogP contribution in [-0.4, -0.2) is 42.1 Å². The number of rotatable bonds is 1. The van der Waals surface area contributed by atoms with Crippen LogP contribution in [0.5, 0.6) is 0 Å². The van der Waals surface area contributed by atoms with Gasteiger partial charge in [-0.25, -0.2) is 0 Å². The number of amides is 1. The molecule has 1 saturated heterocycles. The van der Waals surface area contributed by atoms with E-state index in [1.807, 2.05) is 35.2 Å². The molecule has 0 saturated carbocycles. The van der Waals surface area contributed by atoms with Crippen LogP contribution in [0.1, 0.15) is 16.9 Å². The van der Waals surface area contributed by atoms with Gasteiger partial charge in [0.25, 0.3) is 5.91 Å². The molecule has 94 valence electrons. The van der Waals surface area contributed by atoms with Crippen LogP contribution in [-0.2, 0) is 4.74 Å². The van der Waals surface area contributed by atoms with Gasteiger partial charge < -0.3 is 14.6 Å². The molecule has 4 nitrogen and oxygen atoms in total. The Morgan fingerprint density at radius 2 is 2.11 bits per heavy atom. The molecule has 0 unspecified atom stereocenters. The van der Waals surface area contributed by atoms with Gasteiger partial charge in [0, 0.05) is 30.6 Å². The van der Waals surface area contributed by atoms with Gasteiger partial charge in [-0.05, 0) is 18.6 Å². The van der Waals surface area contributed by atoms with Crippen molar-refractivity contribution in [3.63, 3.8) is 0 Å². The Hall–Kier alpha value is -1.81. The highest BCUT2D eigenvalue weighted by atomic mass is 16.5. The third kappa shape index (κ3) is 2.11. The lowest BCUT2D eigenvalue weighted by Gasteiger charge is -2.18. The number of para-hydroxylation sites is 1. The van der Waals surface area contributed by atoms with Gasteiger partial charge in [0.15, 0.2) is 0 Å². The summed E-state index contributed by atoms with van der Waals surface area (Å²) in [6.07, 6.45) is 0.909. The van der Waals surface area contributed by atoms with E-state index in [0.29, 0.717) is 18.8 Å². The molecular weight excluding hydrogens is 228 g/mol. The highest BCUT2D eigenvalue weighted by molar-refractivity contribution is 5.98. The molecule has 1 aromatic carbocycles. The maximum absolute atomic E-state index is 12.4. The zero-order valence-corrected chi connectivity index (χ0v) is 10.2. The summed E-state index contributed by atoms with van der Waals surface area (Å²) >= 11 is 0. The fourth-order valence-corrected chi connectivity index (χ4v) is 2.31. The summed E-state index contributed by atoms with van der Waals surface area (Å²) in [5.74, 6) is 0.0664. The largest absolute Gasteiger partial charge is 0.380 e. The zero-order chi connectivity index (χ0) is 12.4. The highest BCUT2D eigenvalue weighted by Gasteiger charge is 2.18. The Morgan fingerprint density at radius 3 is 3.00 bits per heavy atom. The first-order valence-corrected chi connectivity index (χ1v) is 6.29. The van der Waals surface area contributed by atoms with Gasteiger partial charge in [-0.1, -0.05) is 18.2 Å². The van der Waals surface area contributed by atoms with Crippen LogP contribution in [0.2, 0.25) is 0 Å². The predicted octanol–water partition coefficient (Wildman–Crippen LogP) is 2.03. The fraction of sp³-hybridized carbons (Fsp3) is 0.357. The van der Waals surface area contributed by atoms with Crippen LogP contribution < -0.4 is 0 Å². The van der Waals surface area contributed by atoms with Crippen molar-refractivity contribution in [1.29, 1.82) is 0 Å². The topological polar surface area (TPSA) is 45.3 Å². The molecule has 0 spiro atoms. The molecule has 1 N–H and O–H groups in total. The maximum atomic E-state index is 12.4. The number of carbonyl (C=O) groups is 1. The van der Waals surface area contributed by atoms with Crippen LogP contribution in [0.4, 0.5) is 0 Å². The fourth-order valence-electron chi connectivity index (χ4n) is 2.31. The van der Waals surface area contributed by atoms with Crippen molar-refractivity contribution >= 4 is 16.8 Å². The molecule has 0 bridgehead atoms. The number of nitrogens with one attached hydrogen (secondary N) is 1. The molecule has 1 amide bonds. The van der Waals surface area contributed by atoms with Gasteiger partial charge in [0.2, 0.25) is 0 Å². The molecule has 4 heteroatoms. The molecule has 1 fully saturated rings. The number of hydrogen-bond acceptors (Lipinski definition) is 2. The lowest BCUT2D eigenvalue weighted by Crippen LogP contribution is -2.33. The molecule has 1 aliphatic rings. The standard InChI is InChI=1S/C14H16N2O2/c17-14(16-6-3-8-18-9-7-16)13-10-11-4-1-2-5-12(11)15-13/h1-2,4-5,10,15H,3,6-9H2. The van der Waals surface area contributed by atoms with Gasteiger partial charge in [-0.3, -0.25) is 4.79 Å². The molecule has 3 rings (SSSR count). The third-order valence-corrected chi connectivity index (χ3v) is 3.27. The van der Waals surface area contributed by atoms with Crippen molar-refractivity contribution in [1.82, 2.24) is 9.88 Å². The number of nitrogens with zero attached hydrogens (tertiary/aromatic N) is 1. The van der Waals surface area contributed by atoms with Crippen molar-refractivity contribution in [2.75, 3.05) is 26.3 Å². The summed E-state index contributed by atoms with van der Waals surface area (Å²) in [5, 5.41) is 1.08. The van der Waals surface area contributed by atoms with Gasteiger partial charge in [0.1, 0.15) is 5.69 Å². The van der Waals surface area contributed by atoms with Crippen LogP contribution in [0.15, 0.2) is 30.3 Å². The number of aromatic nitrogens is 1. The van der Waals surface area contributed by atoms with Crippen LogP contribution in [0.3, 0.4) is 0 Å². The number of aromatic amines is 1. The number of benzene rings is 1. The number of H-pyrrole nitrogens is 1. The molecule has 0 atom stereocenters. The molecule has 18 heavy (non-hydrogen) atoms. The summed E-state index contributed by atoms with van der Waals surface area (Å²) < 4.78 is 5.37. The number of hydrogen-bond donors (Lipinski definition) is 1. The molecule has 2 heterocycles. The maximum Gasteiger partial charge on any atom is 0.270 e. The summed E-state index contributed by atoms with van der Waals surface area (Å²) in [7, 11) is 0. The van der Waals surface area contributed by atoms with E-state index in [9.17, 15) is 4.79 Å². The van der Waals surface area contributed by atoms with E-state index in [1.54, 1.807) is 0 Å². The van der Waals surface area contributed by atoms with E-state index >= 15 is 0 Å². The first-order valence-electron chi connectivity index (χ1n) is 6.29. The average molecular weight is 244 g/mol. The lowest BCUT2D eigenvalue weighted by atomic mass is 10.2. The first kappa shape index (κ1) is 11.3. The molecule has 0 aliphatic carbocycles. The predicted molar refractivity (Wildman–Crippen MR) is 69.6 cm³/mol. The van der Waals surface area contributed by atoms with Crippen molar-refractivity contribution in [3.05, 3.63) is 36.0 Å². The molecular formula is C14H16N2O2. The van der Waals surface area contributed by atoms with E-state index in [0.717, 1.165) is 30.5 Å². The minimum atomic E-state index is 0.0664. The van der Waals surface area contributed by atoms with E-state index in [-0.39, 0.29) is 5.91 Å². The van der Waals surface area contributed by atoms with E-state index in [1.165, 1.54) is 0 Å². The first-order chi connectivity index (χ1) is 8.84. The molecule has 1 aromatic heterocycles. The van der Waals surface area contributed by atoms with E-state index in [4.69, 9.17) is 4.74 Å². The van der Waals surface area contributed by atoms with Crippen molar-refractivity contribution in [3.8, 4) is 0 Å². The zero-order valence-electron chi connectivity index (χ0n) is 10.2. The number of carbonyl (C=O) groups excluding carboxylic acids is 1. The second-order valence-corrected chi connectivity index (χ2v) is 4.53. The summed E-state index contributed by atoms with van der Waals surface area (Å²) in [6, 6.07) is 9.85. The van der Waals surface area contributed by atoms with Gasteiger partial charge >= 0.3 is 0 Å². The lowest BCUT2D eigenvalue weighted by molar-refractivity contribution is 0.0736. The Bertz CT molecular complexity index is 521. The highest BCUT2D eigenvalue weighted by Crippen LogP contribution is 2.16. The average Bonchev–Trinajstić information content (AvgIpc) is 2.64. The Labute approximate surface area is 106 Å². The second kappa shape index (κ2) is 4.82. The minimum absolute atomic E-state index is 0.0664. The second-order valence-electron chi connectivity index (χ2n) is 4.53. The quantitative estimate of drug-likeness (QED) is 0.834. The number of fused-ring (bicyclic) bond motifs is 1. The Morgan fingerprint density at radius 1 is 1.22 bits per heavy atom. The van der Waals surface area contributed by atoms with Gasteiger partial charge in [0.05, 0.1) is 6.61 Å². The minimum Gasteiger partial charge on any atom is -0.380 e. The number of ether oxygens (including phenoxy) is 1. The van der Waals surface area contributed by atoms with Crippen LogP contribution in [0, 0.1) is 0 Å². The SMILES string of the molecule is O=C(c1cc2ccccc2[nH]1)N1CCCOCC1. The summed E-state index contributed by atoms with van der Waals surface area (Å²) in [5.41, 5.74) is 1.67. The molecule has 0 radical (unpaired) electrons. The van der Waals surface area contributed by atoms with Crippen molar-refractivity contribution in [2.45, 2.75) is 6.42 Å². The van der Waals surface area contributed by atoms with Crippen LogP contribution in [0.25, 0.3) is 10.9 Å². The van der Waals surface area contributed by atoms with Crippen LogP contribution >= 0.6 is 0 Å². The van der Waals surface area contributed by atoms with E-state index < -0.39 is 0 Å². The molecule has 2 aromatic rings. The van der Waals surface area contributed by atoms with Gasteiger partial charge in [-0.15, -0.1) is 0 Å². The third-order valence-electron chi connectivity index (χ3n) is 3.27. The Kier molecular flexibility index (Phi) is 3.02.